The molecule has 0 radical (unpaired) electrons. The number of carbonyl (C=O) groups excluding carboxylic acids is 1. The number of para-hydroxylation sites is 2. The van der Waals surface area contributed by atoms with Crippen molar-refractivity contribution in [3.63, 3.8) is 0 Å². The molecule has 6 nitrogen and oxygen atoms in total. The van der Waals surface area contributed by atoms with Gasteiger partial charge in [-0.3, -0.25) is 19.2 Å². The zero-order valence-corrected chi connectivity index (χ0v) is 26.5. The van der Waals surface area contributed by atoms with Gasteiger partial charge in [0.1, 0.15) is 5.82 Å². The third kappa shape index (κ3) is 6.09. The van der Waals surface area contributed by atoms with Crippen LogP contribution >= 0.6 is 15.9 Å². The van der Waals surface area contributed by atoms with Gasteiger partial charge in [0.15, 0.2) is 0 Å². The first-order valence-electron chi connectivity index (χ1n) is 15.7. The molecule has 2 aliphatic rings. The molecule has 44 heavy (non-hydrogen) atoms. The Bertz CT molecular complexity index is 1650. The summed E-state index contributed by atoms with van der Waals surface area (Å²) in [5, 5.41) is 0. The van der Waals surface area contributed by atoms with E-state index < -0.39 is 0 Å². The fourth-order valence-electron chi connectivity index (χ4n) is 6.94. The minimum absolute atomic E-state index is 0.0992. The van der Waals surface area contributed by atoms with E-state index >= 15 is 0 Å². The van der Waals surface area contributed by atoms with E-state index in [4.69, 9.17) is 4.98 Å². The highest BCUT2D eigenvalue weighted by Crippen LogP contribution is 2.31. The maximum absolute atomic E-state index is 13.7. The molecular formula is C37H38BrN5O. The van der Waals surface area contributed by atoms with Gasteiger partial charge in [0.05, 0.1) is 23.6 Å². The molecule has 3 heterocycles. The molecule has 2 saturated heterocycles. The molecule has 0 unspecified atom stereocenters. The summed E-state index contributed by atoms with van der Waals surface area (Å²) in [6.07, 6.45) is 1.79. The molecule has 0 saturated carbocycles. The smallest absolute Gasteiger partial charge is 0.225 e. The molecule has 0 atom stereocenters. The Hall–Kier alpha value is -3.78. The Balaban J connectivity index is 0.980. The number of rotatable bonds is 7. The van der Waals surface area contributed by atoms with Crippen LogP contribution in [-0.2, 0) is 11.3 Å². The number of piperazine rings is 1. The number of carbonyl (C=O) groups is 1. The second-order valence-corrected chi connectivity index (χ2v) is 12.9. The summed E-state index contributed by atoms with van der Waals surface area (Å²) in [6.45, 7) is 5.91. The fraction of sp³-hybridized carbons (Fsp3) is 0.297. The van der Waals surface area contributed by atoms with E-state index in [0.29, 0.717) is 5.91 Å². The van der Waals surface area contributed by atoms with E-state index in [1.165, 1.54) is 11.1 Å². The van der Waals surface area contributed by atoms with Crippen LogP contribution in [-0.4, -0.2) is 69.4 Å². The zero-order chi connectivity index (χ0) is 29.9. The van der Waals surface area contributed by atoms with Gasteiger partial charge < -0.3 is 4.90 Å². The molecule has 1 aromatic heterocycles. The molecule has 7 heteroatoms. The highest BCUT2D eigenvalue weighted by Gasteiger charge is 2.33. The number of imidazole rings is 1. The number of hydrogen-bond acceptors (Lipinski definition) is 4. The molecule has 0 aliphatic carbocycles. The van der Waals surface area contributed by atoms with Crippen LogP contribution in [0, 0.1) is 5.92 Å². The number of piperidine rings is 1. The SMILES string of the molecule is O=C(C1CCN(Cc2nc3ccccc3n2-c2ccc(Br)cc2)CC1)N1CCN(C(c2ccccc2)c2ccccc2)CC1. The summed E-state index contributed by atoms with van der Waals surface area (Å²) in [4.78, 5) is 25.8. The molecule has 7 rings (SSSR count). The first-order valence-corrected chi connectivity index (χ1v) is 16.5. The molecule has 0 spiro atoms. The van der Waals surface area contributed by atoms with Crippen molar-refractivity contribution in [1.29, 1.82) is 0 Å². The van der Waals surface area contributed by atoms with Crippen LogP contribution in [0.15, 0.2) is 114 Å². The monoisotopic (exact) mass is 647 g/mol. The minimum Gasteiger partial charge on any atom is -0.340 e. The number of aromatic nitrogens is 2. The Morgan fingerprint density at radius 3 is 1.95 bits per heavy atom. The highest BCUT2D eigenvalue weighted by atomic mass is 79.9. The van der Waals surface area contributed by atoms with Crippen LogP contribution in [0.3, 0.4) is 0 Å². The van der Waals surface area contributed by atoms with Crippen molar-refractivity contribution in [2.45, 2.75) is 25.4 Å². The zero-order valence-electron chi connectivity index (χ0n) is 24.9. The van der Waals surface area contributed by atoms with Crippen LogP contribution in [0.25, 0.3) is 16.7 Å². The third-order valence-electron chi connectivity index (χ3n) is 9.24. The van der Waals surface area contributed by atoms with Crippen molar-refractivity contribution in [3.8, 4) is 5.69 Å². The summed E-state index contributed by atoms with van der Waals surface area (Å²) >= 11 is 3.56. The highest BCUT2D eigenvalue weighted by molar-refractivity contribution is 9.10. The molecular weight excluding hydrogens is 610 g/mol. The second-order valence-electron chi connectivity index (χ2n) is 12.0. The van der Waals surface area contributed by atoms with E-state index in [9.17, 15) is 4.79 Å². The van der Waals surface area contributed by atoms with Gasteiger partial charge in [0, 0.05) is 42.3 Å². The average molecular weight is 649 g/mol. The fourth-order valence-corrected chi connectivity index (χ4v) is 7.21. The molecule has 1 amide bonds. The van der Waals surface area contributed by atoms with Crippen molar-refractivity contribution < 1.29 is 4.79 Å². The molecule has 5 aromatic rings. The summed E-state index contributed by atoms with van der Waals surface area (Å²) in [6, 6.07) is 38.5. The Morgan fingerprint density at radius 2 is 1.32 bits per heavy atom. The van der Waals surface area contributed by atoms with Gasteiger partial charge in [-0.25, -0.2) is 4.98 Å². The maximum Gasteiger partial charge on any atom is 0.225 e. The number of nitrogens with zero attached hydrogens (tertiary/aromatic N) is 5. The number of benzene rings is 4. The number of halogens is 1. The summed E-state index contributed by atoms with van der Waals surface area (Å²) in [5.41, 5.74) is 5.86. The average Bonchev–Trinajstić information content (AvgIpc) is 3.44. The van der Waals surface area contributed by atoms with Gasteiger partial charge in [-0.05, 0) is 73.5 Å². The minimum atomic E-state index is 0.0992. The van der Waals surface area contributed by atoms with Crippen LogP contribution in [0.4, 0.5) is 0 Å². The standard InChI is InChI=1S/C37H38BrN5O/c38-31-15-17-32(18-16-31)43-34-14-8-7-13-33(34)39-35(43)27-40-21-19-30(20-22-40)37(44)42-25-23-41(24-26-42)36(28-9-3-1-4-10-28)29-11-5-2-6-12-29/h1-18,30,36H,19-27H2. The molecule has 0 bridgehead atoms. The second kappa shape index (κ2) is 13.1. The van der Waals surface area contributed by atoms with E-state index in [-0.39, 0.29) is 12.0 Å². The lowest BCUT2D eigenvalue weighted by atomic mass is 9.94. The van der Waals surface area contributed by atoms with Crippen molar-refractivity contribution in [3.05, 3.63) is 131 Å². The Kier molecular flexibility index (Phi) is 8.60. The van der Waals surface area contributed by atoms with E-state index in [0.717, 1.165) is 85.7 Å². The lowest BCUT2D eigenvalue weighted by Gasteiger charge is -2.41. The summed E-state index contributed by atoms with van der Waals surface area (Å²) in [5.74, 6) is 1.48. The molecule has 2 fully saturated rings. The predicted molar refractivity (Wildman–Crippen MR) is 180 cm³/mol. The predicted octanol–water partition coefficient (Wildman–Crippen LogP) is 6.93. The molecule has 0 N–H and O–H groups in total. The van der Waals surface area contributed by atoms with Crippen LogP contribution < -0.4 is 0 Å². The number of likely N-dealkylation sites (tertiary alicyclic amines) is 1. The van der Waals surface area contributed by atoms with Gasteiger partial charge >= 0.3 is 0 Å². The first kappa shape index (κ1) is 29.0. The molecule has 224 valence electrons. The van der Waals surface area contributed by atoms with E-state index in [1.807, 2.05) is 6.07 Å². The number of hydrogen-bond donors (Lipinski definition) is 0. The lowest BCUT2D eigenvalue weighted by molar-refractivity contribution is -0.139. The van der Waals surface area contributed by atoms with Gasteiger partial charge in [0.25, 0.3) is 0 Å². The van der Waals surface area contributed by atoms with Crippen molar-refractivity contribution in [2.75, 3.05) is 39.3 Å². The third-order valence-corrected chi connectivity index (χ3v) is 9.77. The maximum atomic E-state index is 13.7. The topological polar surface area (TPSA) is 44.6 Å². The van der Waals surface area contributed by atoms with Crippen LogP contribution in [0.2, 0.25) is 0 Å². The normalized spacial score (nSPS) is 17.0. The number of fused-ring (bicyclic) bond motifs is 1. The van der Waals surface area contributed by atoms with Gasteiger partial charge in [-0.2, -0.15) is 0 Å². The van der Waals surface area contributed by atoms with Gasteiger partial charge in [0.2, 0.25) is 5.91 Å². The lowest BCUT2D eigenvalue weighted by Crippen LogP contribution is -2.52. The largest absolute Gasteiger partial charge is 0.340 e. The van der Waals surface area contributed by atoms with Crippen molar-refractivity contribution in [1.82, 2.24) is 24.3 Å². The quantitative estimate of drug-likeness (QED) is 0.192. The molecule has 2 aliphatic heterocycles. The van der Waals surface area contributed by atoms with Crippen LogP contribution in [0.5, 0.6) is 0 Å². The van der Waals surface area contributed by atoms with E-state index in [1.54, 1.807) is 0 Å². The van der Waals surface area contributed by atoms with Crippen LogP contribution in [0.1, 0.15) is 35.8 Å². The van der Waals surface area contributed by atoms with Gasteiger partial charge in [-0.15, -0.1) is 0 Å². The van der Waals surface area contributed by atoms with Crippen molar-refractivity contribution >= 4 is 32.9 Å². The Morgan fingerprint density at radius 1 is 0.727 bits per heavy atom. The molecule has 4 aromatic carbocycles. The Labute approximate surface area is 268 Å². The van der Waals surface area contributed by atoms with E-state index in [2.05, 4.69) is 138 Å². The van der Waals surface area contributed by atoms with Crippen molar-refractivity contribution in [2.24, 2.45) is 5.92 Å². The number of amides is 1. The summed E-state index contributed by atoms with van der Waals surface area (Å²) in [7, 11) is 0. The first-order chi connectivity index (χ1) is 21.6. The summed E-state index contributed by atoms with van der Waals surface area (Å²) < 4.78 is 3.34. The van der Waals surface area contributed by atoms with Gasteiger partial charge in [-0.1, -0.05) is 88.7 Å².